The summed E-state index contributed by atoms with van der Waals surface area (Å²) in [5.41, 5.74) is -0.116. The van der Waals surface area contributed by atoms with Gasteiger partial charge in [0.1, 0.15) is 11.6 Å². The third kappa shape index (κ3) is 5.19. The fourth-order valence-corrected chi connectivity index (χ4v) is 5.37. The minimum atomic E-state index is -4.85. The van der Waals surface area contributed by atoms with E-state index < -0.39 is 49.0 Å². The van der Waals surface area contributed by atoms with Crippen LogP contribution in [0.15, 0.2) is 59.8 Å². The van der Waals surface area contributed by atoms with E-state index in [1.165, 1.54) is 37.7 Å². The Labute approximate surface area is 204 Å². The molecule has 0 spiro atoms. The highest BCUT2D eigenvalue weighted by atomic mass is 32.2. The number of sulfone groups is 1. The van der Waals surface area contributed by atoms with Crippen molar-refractivity contribution in [2.45, 2.75) is 22.9 Å². The van der Waals surface area contributed by atoms with Crippen molar-refractivity contribution in [3.8, 4) is 16.9 Å². The van der Waals surface area contributed by atoms with Crippen molar-refractivity contribution in [2.24, 2.45) is 0 Å². The molecule has 0 bridgehead atoms. The van der Waals surface area contributed by atoms with Gasteiger partial charge in [0.25, 0.3) is 5.91 Å². The Balaban J connectivity index is 1.64. The van der Waals surface area contributed by atoms with Crippen LogP contribution in [0.25, 0.3) is 11.1 Å². The Kier molecular flexibility index (Phi) is 7.01. The van der Waals surface area contributed by atoms with Gasteiger partial charge in [0, 0.05) is 49.2 Å². The average Bonchev–Trinajstić information content (AvgIpc) is 2.80. The van der Waals surface area contributed by atoms with E-state index in [9.17, 15) is 30.8 Å². The highest BCUT2D eigenvalue weighted by Gasteiger charge is 2.37. The van der Waals surface area contributed by atoms with Crippen LogP contribution in [-0.4, -0.2) is 44.8 Å². The SMILES string of the molecule is COc1cc(F)ccc1-c1ccncc1CNC(=O)c1cc(C(F)(F)F)cc(S(=O)(=O)C2CNC2)c1. The number of pyridine rings is 1. The molecule has 1 aromatic heterocycles. The van der Waals surface area contributed by atoms with Gasteiger partial charge in [0.15, 0.2) is 9.84 Å². The quantitative estimate of drug-likeness (QED) is 0.460. The number of ether oxygens (including phenoxy) is 1. The van der Waals surface area contributed by atoms with Crippen molar-refractivity contribution >= 4 is 15.7 Å². The zero-order valence-electron chi connectivity index (χ0n) is 18.9. The summed E-state index contributed by atoms with van der Waals surface area (Å²) in [5.74, 6) is -1.16. The van der Waals surface area contributed by atoms with E-state index >= 15 is 0 Å². The molecular formula is C24H21F4N3O4S. The molecule has 7 nitrogen and oxygen atoms in total. The van der Waals surface area contributed by atoms with Gasteiger partial charge in [0.05, 0.1) is 22.8 Å². The van der Waals surface area contributed by atoms with Gasteiger partial charge >= 0.3 is 6.18 Å². The summed E-state index contributed by atoms with van der Waals surface area (Å²) in [6.07, 6.45) is -1.92. The molecule has 1 aliphatic heterocycles. The molecule has 0 saturated carbocycles. The fourth-order valence-electron chi connectivity index (χ4n) is 3.73. The molecule has 1 saturated heterocycles. The van der Waals surface area contributed by atoms with Crippen LogP contribution in [0.2, 0.25) is 0 Å². The molecular weight excluding hydrogens is 502 g/mol. The van der Waals surface area contributed by atoms with Crippen LogP contribution in [0.5, 0.6) is 5.75 Å². The van der Waals surface area contributed by atoms with Gasteiger partial charge in [-0.3, -0.25) is 9.78 Å². The summed E-state index contributed by atoms with van der Waals surface area (Å²) >= 11 is 0. The summed E-state index contributed by atoms with van der Waals surface area (Å²) in [4.78, 5) is 16.3. The number of nitrogens with one attached hydrogen (secondary N) is 2. The van der Waals surface area contributed by atoms with Gasteiger partial charge in [-0.15, -0.1) is 0 Å². The molecule has 2 aromatic carbocycles. The molecule has 2 heterocycles. The highest BCUT2D eigenvalue weighted by Crippen LogP contribution is 2.34. The highest BCUT2D eigenvalue weighted by molar-refractivity contribution is 7.92. The normalized spacial score (nSPS) is 14.2. The first kappa shape index (κ1) is 25.6. The summed E-state index contributed by atoms with van der Waals surface area (Å²) in [7, 11) is -2.68. The number of carbonyl (C=O) groups excluding carboxylic acids is 1. The molecule has 1 fully saturated rings. The lowest BCUT2D eigenvalue weighted by Crippen LogP contribution is -2.51. The zero-order valence-corrected chi connectivity index (χ0v) is 19.7. The molecule has 190 valence electrons. The number of hydrogen-bond acceptors (Lipinski definition) is 6. The van der Waals surface area contributed by atoms with Crippen molar-refractivity contribution in [1.29, 1.82) is 0 Å². The Hall–Kier alpha value is -3.51. The monoisotopic (exact) mass is 523 g/mol. The largest absolute Gasteiger partial charge is 0.496 e. The third-order valence-corrected chi connectivity index (χ3v) is 7.91. The van der Waals surface area contributed by atoms with Crippen molar-refractivity contribution in [3.05, 3.63) is 77.4 Å². The summed E-state index contributed by atoms with van der Waals surface area (Å²) < 4.78 is 84.9. The Morgan fingerprint density at radius 1 is 1.14 bits per heavy atom. The Morgan fingerprint density at radius 3 is 2.53 bits per heavy atom. The molecule has 0 aliphatic carbocycles. The van der Waals surface area contributed by atoms with E-state index in [0.29, 0.717) is 28.8 Å². The van der Waals surface area contributed by atoms with Crippen LogP contribution in [-0.2, 0) is 22.6 Å². The lowest BCUT2D eigenvalue weighted by Gasteiger charge is -2.27. The van der Waals surface area contributed by atoms with E-state index in [0.717, 1.165) is 6.07 Å². The van der Waals surface area contributed by atoms with E-state index in [2.05, 4.69) is 15.6 Å². The molecule has 0 radical (unpaired) electrons. The molecule has 12 heteroatoms. The second-order valence-electron chi connectivity index (χ2n) is 8.13. The number of halogens is 4. The number of methoxy groups -OCH3 is 1. The van der Waals surface area contributed by atoms with E-state index in [1.807, 2.05) is 0 Å². The van der Waals surface area contributed by atoms with Gasteiger partial charge in [0.2, 0.25) is 0 Å². The zero-order chi connectivity index (χ0) is 26.1. The molecule has 4 rings (SSSR count). The lowest BCUT2D eigenvalue weighted by atomic mass is 10.0. The first-order chi connectivity index (χ1) is 17.0. The number of rotatable bonds is 7. The van der Waals surface area contributed by atoms with Crippen LogP contribution < -0.4 is 15.4 Å². The first-order valence-electron chi connectivity index (χ1n) is 10.7. The maximum Gasteiger partial charge on any atom is 0.416 e. The van der Waals surface area contributed by atoms with Crippen LogP contribution in [0.1, 0.15) is 21.5 Å². The standard InChI is InChI=1S/C24H21F4N3O4S/c1-35-22-9-17(25)2-3-21(22)20-4-5-29-10-15(20)11-31-23(32)14-6-16(24(26,27)28)8-18(7-14)36(33,34)19-12-30-13-19/h2-10,19,30H,11-13H2,1H3,(H,31,32). The molecule has 0 atom stereocenters. The molecule has 2 N–H and O–H groups in total. The van der Waals surface area contributed by atoms with Crippen LogP contribution in [0, 0.1) is 5.82 Å². The lowest BCUT2D eigenvalue weighted by molar-refractivity contribution is -0.137. The summed E-state index contributed by atoms with van der Waals surface area (Å²) in [6.45, 7) is 0.0981. The summed E-state index contributed by atoms with van der Waals surface area (Å²) in [5, 5.41) is 4.43. The number of benzene rings is 2. The van der Waals surface area contributed by atoms with Gasteiger partial charge in [-0.05, 0) is 47.5 Å². The first-order valence-corrected chi connectivity index (χ1v) is 12.3. The minimum Gasteiger partial charge on any atom is -0.496 e. The Bertz CT molecular complexity index is 1410. The molecule has 0 unspecified atom stereocenters. The van der Waals surface area contributed by atoms with Gasteiger partial charge in [-0.2, -0.15) is 13.2 Å². The van der Waals surface area contributed by atoms with Crippen molar-refractivity contribution < 1.29 is 35.5 Å². The maximum absolute atomic E-state index is 13.6. The van der Waals surface area contributed by atoms with E-state index in [1.54, 1.807) is 6.07 Å². The predicted molar refractivity (Wildman–Crippen MR) is 123 cm³/mol. The molecule has 3 aromatic rings. The number of nitrogens with zero attached hydrogens (tertiary/aromatic N) is 1. The van der Waals surface area contributed by atoms with Gasteiger partial charge in [-0.1, -0.05) is 0 Å². The summed E-state index contributed by atoms with van der Waals surface area (Å²) in [6, 6.07) is 7.66. The van der Waals surface area contributed by atoms with Gasteiger partial charge < -0.3 is 15.4 Å². The van der Waals surface area contributed by atoms with Gasteiger partial charge in [-0.25, -0.2) is 12.8 Å². The number of amides is 1. The number of alkyl halides is 3. The van der Waals surface area contributed by atoms with Crippen LogP contribution in [0.4, 0.5) is 17.6 Å². The second kappa shape index (κ2) is 9.86. The third-order valence-electron chi connectivity index (χ3n) is 5.80. The van der Waals surface area contributed by atoms with E-state index in [4.69, 9.17) is 4.74 Å². The van der Waals surface area contributed by atoms with E-state index in [-0.39, 0.29) is 25.4 Å². The van der Waals surface area contributed by atoms with Crippen molar-refractivity contribution in [2.75, 3.05) is 20.2 Å². The van der Waals surface area contributed by atoms with Crippen molar-refractivity contribution in [1.82, 2.24) is 15.6 Å². The number of carbonyl (C=O) groups is 1. The molecule has 1 amide bonds. The minimum absolute atomic E-state index is 0.122. The number of aromatic nitrogens is 1. The van der Waals surface area contributed by atoms with Crippen LogP contribution >= 0.6 is 0 Å². The predicted octanol–water partition coefficient (Wildman–Crippen LogP) is 3.59. The Morgan fingerprint density at radius 2 is 1.89 bits per heavy atom. The molecule has 36 heavy (non-hydrogen) atoms. The van der Waals surface area contributed by atoms with Crippen molar-refractivity contribution in [3.63, 3.8) is 0 Å². The fraction of sp³-hybridized carbons (Fsp3) is 0.250. The maximum atomic E-state index is 13.6. The molecule has 1 aliphatic rings. The smallest absolute Gasteiger partial charge is 0.416 e. The second-order valence-corrected chi connectivity index (χ2v) is 10.4. The average molecular weight is 524 g/mol. The van der Waals surface area contributed by atoms with Crippen LogP contribution in [0.3, 0.4) is 0 Å². The topological polar surface area (TPSA) is 97.4 Å². The number of hydrogen-bond donors (Lipinski definition) is 2.